The number of anilines is 1. The van der Waals surface area contributed by atoms with Crippen LogP contribution in [0.4, 0.5) is 5.69 Å². The van der Waals surface area contributed by atoms with Gasteiger partial charge in [0, 0.05) is 43.3 Å². The molecular weight excluding hydrogens is 324 g/mol. The van der Waals surface area contributed by atoms with Crippen LogP contribution in [0.1, 0.15) is 5.56 Å². The SMILES string of the molecule is O=C(O)[C@H](Cc1ccccc1Cl)N1CCN(c2ccccc2)CC1. The minimum Gasteiger partial charge on any atom is -0.480 e. The first-order valence-electron chi connectivity index (χ1n) is 8.15. The molecule has 0 radical (unpaired) electrons. The molecule has 4 nitrogen and oxygen atoms in total. The van der Waals surface area contributed by atoms with E-state index in [9.17, 15) is 9.90 Å². The van der Waals surface area contributed by atoms with Gasteiger partial charge in [0.05, 0.1) is 0 Å². The molecule has 1 fully saturated rings. The Morgan fingerprint density at radius 3 is 2.25 bits per heavy atom. The number of carbonyl (C=O) groups is 1. The van der Waals surface area contributed by atoms with E-state index in [1.54, 1.807) is 0 Å². The molecule has 1 atom stereocenters. The maximum absolute atomic E-state index is 11.8. The average molecular weight is 345 g/mol. The van der Waals surface area contributed by atoms with Crippen LogP contribution in [0.3, 0.4) is 0 Å². The Hall–Kier alpha value is -2.04. The third-order valence-corrected chi connectivity index (χ3v) is 4.90. The Morgan fingerprint density at radius 2 is 1.62 bits per heavy atom. The zero-order valence-electron chi connectivity index (χ0n) is 13.4. The van der Waals surface area contributed by atoms with E-state index >= 15 is 0 Å². The topological polar surface area (TPSA) is 43.8 Å². The molecule has 0 aromatic heterocycles. The van der Waals surface area contributed by atoms with Crippen LogP contribution in [0.2, 0.25) is 5.02 Å². The van der Waals surface area contributed by atoms with Crippen molar-refractivity contribution < 1.29 is 9.90 Å². The molecule has 126 valence electrons. The van der Waals surface area contributed by atoms with Crippen LogP contribution in [0.15, 0.2) is 54.6 Å². The predicted molar refractivity (Wildman–Crippen MR) is 96.8 cm³/mol. The molecule has 0 spiro atoms. The van der Waals surface area contributed by atoms with Gasteiger partial charge in [0.15, 0.2) is 0 Å². The van der Waals surface area contributed by atoms with Gasteiger partial charge in [0.25, 0.3) is 0 Å². The average Bonchev–Trinajstić information content (AvgIpc) is 2.62. The Labute approximate surface area is 147 Å². The summed E-state index contributed by atoms with van der Waals surface area (Å²) in [6, 6.07) is 17.2. The lowest BCUT2D eigenvalue weighted by atomic mass is 10.0. The van der Waals surface area contributed by atoms with Crippen LogP contribution in [-0.2, 0) is 11.2 Å². The van der Waals surface area contributed by atoms with Crippen LogP contribution in [0.25, 0.3) is 0 Å². The van der Waals surface area contributed by atoms with Crippen molar-refractivity contribution in [1.82, 2.24) is 4.90 Å². The summed E-state index contributed by atoms with van der Waals surface area (Å²) in [5.41, 5.74) is 2.08. The van der Waals surface area contributed by atoms with Crippen LogP contribution in [-0.4, -0.2) is 48.2 Å². The lowest BCUT2D eigenvalue weighted by Crippen LogP contribution is -2.53. The van der Waals surface area contributed by atoms with Gasteiger partial charge in [-0.15, -0.1) is 0 Å². The number of benzene rings is 2. The van der Waals surface area contributed by atoms with Gasteiger partial charge < -0.3 is 10.0 Å². The zero-order valence-corrected chi connectivity index (χ0v) is 14.2. The minimum atomic E-state index is -0.789. The number of carboxylic acid groups (broad SMARTS) is 1. The van der Waals surface area contributed by atoms with E-state index in [1.165, 1.54) is 5.69 Å². The highest BCUT2D eigenvalue weighted by molar-refractivity contribution is 6.31. The number of rotatable bonds is 5. The number of carboxylic acids is 1. The molecule has 0 saturated carbocycles. The molecule has 3 rings (SSSR count). The van der Waals surface area contributed by atoms with Gasteiger partial charge in [-0.05, 0) is 23.8 Å². The Kier molecular flexibility index (Phi) is 5.38. The molecule has 1 N–H and O–H groups in total. The van der Waals surface area contributed by atoms with E-state index in [0.717, 1.165) is 31.7 Å². The molecule has 24 heavy (non-hydrogen) atoms. The Morgan fingerprint density at radius 1 is 1.00 bits per heavy atom. The summed E-state index contributed by atoms with van der Waals surface area (Å²) < 4.78 is 0. The van der Waals surface area contributed by atoms with Crippen LogP contribution >= 0.6 is 11.6 Å². The standard InChI is InChI=1S/C19H21ClN2O2/c20-17-9-5-4-6-15(17)14-18(19(23)24)22-12-10-21(11-13-22)16-7-2-1-3-8-16/h1-9,18H,10-14H2,(H,23,24)/t18-/m0/s1. The highest BCUT2D eigenvalue weighted by Gasteiger charge is 2.29. The monoisotopic (exact) mass is 344 g/mol. The van der Waals surface area contributed by atoms with Crippen molar-refractivity contribution in [2.75, 3.05) is 31.1 Å². The van der Waals surface area contributed by atoms with E-state index in [0.29, 0.717) is 11.4 Å². The maximum atomic E-state index is 11.8. The van der Waals surface area contributed by atoms with Crippen LogP contribution < -0.4 is 4.90 Å². The number of aliphatic carboxylic acids is 1. The van der Waals surface area contributed by atoms with Crippen molar-refractivity contribution in [3.05, 3.63) is 65.2 Å². The maximum Gasteiger partial charge on any atom is 0.321 e. The Bertz CT molecular complexity index is 685. The fourth-order valence-electron chi connectivity index (χ4n) is 3.18. The molecule has 0 aliphatic carbocycles. The largest absolute Gasteiger partial charge is 0.480 e. The third kappa shape index (κ3) is 3.89. The number of para-hydroxylation sites is 1. The summed E-state index contributed by atoms with van der Waals surface area (Å²) in [6.07, 6.45) is 0.431. The third-order valence-electron chi connectivity index (χ3n) is 4.53. The first kappa shape index (κ1) is 16.8. The summed E-state index contributed by atoms with van der Waals surface area (Å²) in [5, 5.41) is 10.3. The summed E-state index contributed by atoms with van der Waals surface area (Å²) in [5.74, 6) is -0.789. The molecule has 0 bridgehead atoms. The first-order chi connectivity index (χ1) is 11.6. The number of halogens is 1. The van der Waals surface area contributed by atoms with E-state index in [4.69, 9.17) is 11.6 Å². The highest BCUT2D eigenvalue weighted by atomic mass is 35.5. The van der Waals surface area contributed by atoms with Gasteiger partial charge in [-0.2, -0.15) is 0 Å². The first-order valence-corrected chi connectivity index (χ1v) is 8.53. The van der Waals surface area contributed by atoms with Crippen molar-refractivity contribution in [2.24, 2.45) is 0 Å². The van der Waals surface area contributed by atoms with Crippen molar-refractivity contribution in [2.45, 2.75) is 12.5 Å². The molecule has 1 saturated heterocycles. The molecule has 5 heteroatoms. The number of piperazine rings is 1. The number of hydrogen-bond donors (Lipinski definition) is 1. The molecule has 1 aliphatic rings. The van der Waals surface area contributed by atoms with Gasteiger partial charge in [-0.25, -0.2) is 0 Å². The van der Waals surface area contributed by atoms with Crippen molar-refractivity contribution in [3.8, 4) is 0 Å². The lowest BCUT2D eigenvalue weighted by Gasteiger charge is -2.38. The highest BCUT2D eigenvalue weighted by Crippen LogP contribution is 2.21. The second-order valence-electron chi connectivity index (χ2n) is 6.01. The quantitative estimate of drug-likeness (QED) is 0.905. The van der Waals surface area contributed by atoms with Crippen molar-refractivity contribution in [3.63, 3.8) is 0 Å². The number of hydrogen-bond acceptors (Lipinski definition) is 3. The van der Waals surface area contributed by atoms with Gasteiger partial charge in [-0.1, -0.05) is 48.0 Å². The predicted octanol–water partition coefficient (Wildman–Crippen LogP) is 3.16. The second kappa shape index (κ2) is 7.69. The summed E-state index contributed by atoms with van der Waals surface area (Å²) in [6.45, 7) is 3.12. The molecule has 1 heterocycles. The summed E-state index contributed by atoms with van der Waals surface area (Å²) in [4.78, 5) is 16.1. The zero-order chi connectivity index (χ0) is 16.9. The smallest absolute Gasteiger partial charge is 0.321 e. The van der Waals surface area contributed by atoms with Gasteiger partial charge in [0.2, 0.25) is 0 Å². The van der Waals surface area contributed by atoms with E-state index in [2.05, 4.69) is 17.0 Å². The fraction of sp³-hybridized carbons (Fsp3) is 0.316. The van der Waals surface area contributed by atoms with Crippen LogP contribution in [0.5, 0.6) is 0 Å². The molecule has 2 aromatic rings. The summed E-state index contributed by atoms with van der Waals surface area (Å²) >= 11 is 6.20. The van der Waals surface area contributed by atoms with E-state index in [-0.39, 0.29) is 0 Å². The second-order valence-corrected chi connectivity index (χ2v) is 6.42. The fourth-order valence-corrected chi connectivity index (χ4v) is 3.39. The Balaban J connectivity index is 1.66. The van der Waals surface area contributed by atoms with Crippen molar-refractivity contribution in [1.29, 1.82) is 0 Å². The minimum absolute atomic E-state index is 0.431. The lowest BCUT2D eigenvalue weighted by molar-refractivity contribution is -0.143. The molecule has 1 aliphatic heterocycles. The van der Waals surface area contributed by atoms with Gasteiger partial charge in [0.1, 0.15) is 6.04 Å². The van der Waals surface area contributed by atoms with Gasteiger partial charge >= 0.3 is 5.97 Å². The van der Waals surface area contributed by atoms with Gasteiger partial charge in [-0.3, -0.25) is 9.69 Å². The molecule has 2 aromatic carbocycles. The van der Waals surface area contributed by atoms with Crippen molar-refractivity contribution >= 4 is 23.3 Å². The number of nitrogens with zero attached hydrogens (tertiary/aromatic N) is 2. The van der Waals surface area contributed by atoms with E-state index in [1.807, 2.05) is 47.4 Å². The van der Waals surface area contributed by atoms with Crippen LogP contribution in [0, 0.1) is 0 Å². The molecule has 0 unspecified atom stereocenters. The molecule has 0 amide bonds. The van der Waals surface area contributed by atoms with E-state index < -0.39 is 12.0 Å². The summed E-state index contributed by atoms with van der Waals surface area (Å²) in [7, 11) is 0. The molecular formula is C19H21ClN2O2. The normalized spacial score (nSPS) is 16.8.